The first-order valence-corrected chi connectivity index (χ1v) is 7.00. The van der Waals surface area contributed by atoms with Gasteiger partial charge >= 0.3 is 0 Å². The van der Waals surface area contributed by atoms with Gasteiger partial charge in [0.15, 0.2) is 0 Å². The summed E-state index contributed by atoms with van der Waals surface area (Å²) in [5.74, 6) is 0.988. The molecule has 0 aromatic carbocycles. The van der Waals surface area contributed by atoms with E-state index in [1.807, 2.05) is 6.20 Å². The molecule has 1 aromatic heterocycles. The number of nitrogens with one attached hydrogen (secondary N) is 1. The van der Waals surface area contributed by atoms with E-state index in [1.54, 1.807) is 0 Å². The van der Waals surface area contributed by atoms with Crippen molar-refractivity contribution in [3.63, 3.8) is 0 Å². The third kappa shape index (κ3) is 5.13. The highest BCUT2D eigenvalue weighted by Crippen LogP contribution is 2.20. The summed E-state index contributed by atoms with van der Waals surface area (Å²) in [5, 5.41) is 3.33. The zero-order valence-electron chi connectivity index (χ0n) is 12.5. The van der Waals surface area contributed by atoms with Crippen LogP contribution in [0, 0.1) is 5.41 Å². The molecule has 0 aliphatic rings. The average molecular weight is 249 g/mol. The Morgan fingerprint density at radius 2 is 1.94 bits per heavy atom. The van der Waals surface area contributed by atoms with Crippen molar-refractivity contribution in [2.24, 2.45) is 5.41 Å². The molecule has 102 valence electrons. The molecule has 0 unspecified atom stereocenters. The van der Waals surface area contributed by atoms with Crippen molar-refractivity contribution < 1.29 is 0 Å². The monoisotopic (exact) mass is 249 g/mol. The second-order valence-corrected chi connectivity index (χ2v) is 5.95. The van der Waals surface area contributed by atoms with Crippen molar-refractivity contribution in [1.82, 2.24) is 15.3 Å². The number of nitrogens with zero attached hydrogens (tertiary/aromatic N) is 2. The molecule has 0 saturated carbocycles. The van der Waals surface area contributed by atoms with E-state index >= 15 is 0 Å². The number of hydrogen-bond donors (Lipinski definition) is 1. The summed E-state index contributed by atoms with van der Waals surface area (Å²) in [5.41, 5.74) is 2.77. The van der Waals surface area contributed by atoms with Gasteiger partial charge in [-0.2, -0.15) is 0 Å². The summed E-state index contributed by atoms with van der Waals surface area (Å²) >= 11 is 0. The third-order valence-corrected chi connectivity index (χ3v) is 3.00. The van der Waals surface area contributed by atoms with Gasteiger partial charge < -0.3 is 5.32 Å². The zero-order chi connectivity index (χ0) is 13.6. The van der Waals surface area contributed by atoms with E-state index in [-0.39, 0.29) is 0 Å². The van der Waals surface area contributed by atoms with Crippen LogP contribution in [0.4, 0.5) is 0 Å². The lowest BCUT2D eigenvalue weighted by molar-refractivity contribution is 0.374. The van der Waals surface area contributed by atoms with Crippen LogP contribution in [0.3, 0.4) is 0 Å². The SMILES string of the molecule is CCNCc1cnc(CCC(C)(C)C)nc1CC. The lowest BCUT2D eigenvalue weighted by Crippen LogP contribution is -2.15. The van der Waals surface area contributed by atoms with E-state index in [9.17, 15) is 0 Å². The van der Waals surface area contributed by atoms with Crippen LogP contribution in [0.15, 0.2) is 6.20 Å². The summed E-state index contributed by atoms with van der Waals surface area (Å²) < 4.78 is 0. The lowest BCUT2D eigenvalue weighted by atomic mass is 9.90. The second kappa shape index (κ2) is 6.83. The first-order chi connectivity index (χ1) is 8.46. The molecule has 3 heteroatoms. The fraction of sp³-hybridized carbons (Fsp3) is 0.733. The number of aryl methyl sites for hydroxylation is 2. The Bertz CT molecular complexity index is 366. The number of hydrogen-bond acceptors (Lipinski definition) is 3. The van der Waals surface area contributed by atoms with Crippen LogP contribution in [0.2, 0.25) is 0 Å². The Kier molecular flexibility index (Phi) is 5.73. The summed E-state index contributed by atoms with van der Waals surface area (Å²) in [4.78, 5) is 9.19. The van der Waals surface area contributed by atoms with E-state index in [4.69, 9.17) is 4.98 Å². The largest absolute Gasteiger partial charge is 0.313 e. The molecule has 1 heterocycles. The van der Waals surface area contributed by atoms with E-state index in [1.165, 1.54) is 11.3 Å². The molecule has 0 bridgehead atoms. The third-order valence-electron chi connectivity index (χ3n) is 3.00. The molecule has 1 rings (SSSR count). The molecule has 0 aliphatic carbocycles. The van der Waals surface area contributed by atoms with Crippen LogP contribution in [0.5, 0.6) is 0 Å². The van der Waals surface area contributed by atoms with Crippen LogP contribution >= 0.6 is 0 Å². The highest BCUT2D eigenvalue weighted by atomic mass is 14.9. The lowest BCUT2D eigenvalue weighted by Gasteiger charge is -2.17. The molecule has 0 fully saturated rings. The Labute approximate surface area is 111 Å². The average Bonchev–Trinajstić information content (AvgIpc) is 2.33. The standard InChI is InChI=1S/C15H27N3/c1-6-13-12(10-16-7-2)11-17-14(18-13)8-9-15(3,4)5/h11,16H,6-10H2,1-5H3. The Balaban J connectivity index is 2.72. The minimum Gasteiger partial charge on any atom is -0.313 e. The van der Waals surface area contributed by atoms with Crippen molar-refractivity contribution in [3.05, 3.63) is 23.3 Å². The van der Waals surface area contributed by atoms with E-state index in [0.717, 1.165) is 38.2 Å². The normalized spacial score (nSPS) is 11.8. The van der Waals surface area contributed by atoms with Crippen molar-refractivity contribution >= 4 is 0 Å². The molecule has 0 spiro atoms. The quantitative estimate of drug-likeness (QED) is 0.841. The molecular formula is C15H27N3. The van der Waals surface area contributed by atoms with E-state index < -0.39 is 0 Å². The maximum absolute atomic E-state index is 4.70. The fourth-order valence-electron chi connectivity index (χ4n) is 1.80. The van der Waals surface area contributed by atoms with Gasteiger partial charge in [0.1, 0.15) is 5.82 Å². The first kappa shape index (κ1) is 15.1. The number of rotatable bonds is 6. The molecule has 1 aromatic rings. The van der Waals surface area contributed by atoms with Crippen LogP contribution in [-0.2, 0) is 19.4 Å². The van der Waals surface area contributed by atoms with Crippen LogP contribution in [-0.4, -0.2) is 16.5 Å². The van der Waals surface area contributed by atoms with Gasteiger partial charge in [-0.3, -0.25) is 0 Å². The zero-order valence-corrected chi connectivity index (χ0v) is 12.5. The van der Waals surface area contributed by atoms with Gasteiger partial charge in [-0.15, -0.1) is 0 Å². The first-order valence-electron chi connectivity index (χ1n) is 7.00. The second-order valence-electron chi connectivity index (χ2n) is 5.95. The van der Waals surface area contributed by atoms with Gasteiger partial charge in [0, 0.05) is 30.4 Å². The molecule has 18 heavy (non-hydrogen) atoms. The van der Waals surface area contributed by atoms with Gasteiger partial charge in [-0.05, 0) is 24.8 Å². The van der Waals surface area contributed by atoms with Crippen molar-refractivity contribution in [2.75, 3.05) is 6.54 Å². The molecule has 0 aliphatic heterocycles. The van der Waals surface area contributed by atoms with E-state index in [2.05, 4.69) is 44.9 Å². The molecule has 0 radical (unpaired) electrons. The van der Waals surface area contributed by atoms with Gasteiger partial charge in [0.25, 0.3) is 0 Å². The molecule has 1 N–H and O–H groups in total. The smallest absolute Gasteiger partial charge is 0.128 e. The van der Waals surface area contributed by atoms with E-state index in [0.29, 0.717) is 5.41 Å². The van der Waals surface area contributed by atoms with Crippen molar-refractivity contribution in [1.29, 1.82) is 0 Å². The Hall–Kier alpha value is -0.960. The minimum atomic E-state index is 0.345. The van der Waals surface area contributed by atoms with Crippen molar-refractivity contribution in [2.45, 2.75) is 60.4 Å². The molecule has 3 nitrogen and oxygen atoms in total. The summed E-state index contributed by atoms with van der Waals surface area (Å²) in [6, 6.07) is 0. The number of aromatic nitrogens is 2. The molecule has 0 saturated heterocycles. The van der Waals surface area contributed by atoms with Gasteiger partial charge in [0.2, 0.25) is 0 Å². The van der Waals surface area contributed by atoms with Crippen molar-refractivity contribution in [3.8, 4) is 0 Å². The van der Waals surface area contributed by atoms with Gasteiger partial charge in [0.05, 0.1) is 0 Å². The Morgan fingerprint density at radius 3 is 2.50 bits per heavy atom. The summed E-state index contributed by atoms with van der Waals surface area (Å²) in [6.07, 6.45) is 5.07. The summed E-state index contributed by atoms with van der Waals surface area (Å²) in [6.45, 7) is 12.9. The minimum absolute atomic E-state index is 0.345. The molecule has 0 atom stereocenters. The Morgan fingerprint density at radius 1 is 1.22 bits per heavy atom. The predicted molar refractivity (Wildman–Crippen MR) is 76.6 cm³/mol. The molecule has 0 amide bonds. The predicted octanol–water partition coefficient (Wildman–Crippen LogP) is 3.13. The van der Waals surface area contributed by atoms with Crippen LogP contribution < -0.4 is 5.32 Å². The van der Waals surface area contributed by atoms with Crippen LogP contribution in [0.25, 0.3) is 0 Å². The van der Waals surface area contributed by atoms with Gasteiger partial charge in [-0.25, -0.2) is 9.97 Å². The fourth-order valence-corrected chi connectivity index (χ4v) is 1.80. The summed E-state index contributed by atoms with van der Waals surface area (Å²) in [7, 11) is 0. The topological polar surface area (TPSA) is 37.8 Å². The highest BCUT2D eigenvalue weighted by molar-refractivity contribution is 5.17. The van der Waals surface area contributed by atoms with Gasteiger partial charge in [-0.1, -0.05) is 34.6 Å². The maximum Gasteiger partial charge on any atom is 0.128 e. The van der Waals surface area contributed by atoms with Crippen LogP contribution in [0.1, 0.15) is 58.1 Å². The maximum atomic E-state index is 4.70. The molecular weight excluding hydrogens is 222 g/mol. The highest BCUT2D eigenvalue weighted by Gasteiger charge is 2.12.